The second-order valence-electron chi connectivity index (χ2n) is 4.89. The summed E-state index contributed by atoms with van der Waals surface area (Å²) < 4.78 is 5.66. The largest absolute Gasteiger partial charge is 0.378 e. The SMILES string of the molecule is NC(CC1CCCO1)c1cccc2ncccc12. The van der Waals surface area contributed by atoms with Crippen LogP contribution in [-0.4, -0.2) is 17.7 Å². The summed E-state index contributed by atoms with van der Waals surface area (Å²) in [6, 6.07) is 10.2. The van der Waals surface area contributed by atoms with Crippen LogP contribution in [0.15, 0.2) is 36.5 Å². The number of rotatable bonds is 3. The molecule has 18 heavy (non-hydrogen) atoms. The van der Waals surface area contributed by atoms with Crippen LogP contribution in [0.2, 0.25) is 0 Å². The van der Waals surface area contributed by atoms with Gasteiger partial charge in [-0.15, -0.1) is 0 Å². The molecule has 0 aliphatic carbocycles. The zero-order valence-corrected chi connectivity index (χ0v) is 10.4. The van der Waals surface area contributed by atoms with Gasteiger partial charge in [-0.05, 0) is 37.0 Å². The molecule has 0 spiro atoms. The van der Waals surface area contributed by atoms with Crippen LogP contribution >= 0.6 is 0 Å². The second-order valence-corrected chi connectivity index (χ2v) is 4.89. The highest BCUT2D eigenvalue weighted by Crippen LogP contribution is 2.27. The summed E-state index contributed by atoms with van der Waals surface area (Å²) in [5.41, 5.74) is 8.52. The van der Waals surface area contributed by atoms with E-state index in [-0.39, 0.29) is 6.04 Å². The van der Waals surface area contributed by atoms with Gasteiger partial charge in [0.25, 0.3) is 0 Å². The van der Waals surface area contributed by atoms with Crippen molar-refractivity contribution in [3.63, 3.8) is 0 Å². The van der Waals surface area contributed by atoms with E-state index in [0.29, 0.717) is 6.10 Å². The summed E-state index contributed by atoms with van der Waals surface area (Å²) in [4.78, 5) is 4.37. The molecule has 1 aliphatic rings. The van der Waals surface area contributed by atoms with Gasteiger partial charge in [-0.2, -0.15) is 0 Å². The molecule has 1 aliphatic heterocycles. The maximum absolute atomic E-state index is 6.33. The number of hydrogen-bond donors (Lipinski definition) is 1. The topological polar surface area (TPSA) is 48.1 Å². The van der Waals surface area contributed by atoms with Crippen LogP contribution in [0.1, 0.15) is 30.9 Å². The van der Waals surface area contributed by atoms with Crippen LogP contribution < -0.4 is 5.73 Å². The Morgan fingerprint density at radius 1 is 1.33 bits per heavy atom. The first-order chi connectivity index (χ1) is 8.84. The number of pyridine rings is 1. The van der Waals surface area contributed by atoms with E-state index >= 15 is 0 Å². The van der Waals surface area contributed by atoms with Gasteiger partial charge in [0.2, 0.25) is 0 Å². The van der Waals surface area contributed by atoms with Gasteiger partial charge in [0.15, 0.2) is 0 Å². The van der Waals surface area contributed by atoms with Crippen LogP contribution in [0.25, 0.3) is 10.9 Å². The van der Waals surface area contributed by atoms with E-state index in [1.807, 2.05) is 24.4 Å². The lowest BCUT2D eigenvalue weighted by atomic mass is 9.96. The smallest absolute Gasteiger partial charge is 0.0705 e. The standard InChI is InChI=1S/C15H18N2O/c16-14(10-11-4-3-9-18-11)12-5-1-7-15-13(12)6-2-8-17-15/h1-2,5-8,11,14H,3-4,9-10,16H2. The molecule has 3 heteroatoms. The fourth-order valence-electron chi connectivity index (χ4n) is 2.69. The molecule has 2 unspecified atom stereocenters. The molecule has 2 heterocycles. The summed E-state index contributed by atoms with van der Waals surface area (Å²) >= 11 is 0. The minimum absolute atomic E-state index is 0.0287. The summed E-state index contributed by atoms with van der Waals surface area (Å²) in [7, 11) is 0. The second kappa shape index (κ2) is 5.04. The van der Waals surface area contributed by atoms with Gasteiger partial charge in [-0.3, -0.25) is 4.98 Å². The molecule has 2 N–H and O–H groups in total. The van der Waals surface area contributed by atoms with Crippen molar-refractivity contribution in [3.8, 4) is 0 Å². The minimum atomic E-state index is 0.0287. The van der Waals surface area contributed by atoms with Crippen LogP contribution in [0.5, 0.6) is 0 Å². The Labute approximate surface area is 107 Å². The third kappa shape index (κ3) is 2.24. The quantitative estimate of drug-likeness (QED) is 0.900. The molecule has 1 saturated heterocycles. The van der Waals surface area contributed by atoms with Gasteiger partial charge in [0.05, 0.1) is 11.6 Å². The van der Waals surface area contributed by atoms with Gasteiger partial charge in [-0.1, -0.05) is 18.2 Å². The third-order valence-electron chi connectivity index (χ3n) is 3.62. The number of ether oxygens (including phenoxy) is 1. The molecule has 0 saturated carbocycles. The lowest BCUT2D eigenvalue weighted by Crippen LogP contribution is -2.18. The maximum atomic E-state index is 6.33. The highest BCUT2D eigenvalue weighted by atomic mass is 16.5. The van der Waals surface area contributed by atoms with Crippen LogP contribution in [0.4, 0.5) is 0 Å². The molecule has 3 rings (SSSR count). The van der Waals surface area contributed by atoms with Gasteiger partial charge >= 0.3 is 0 Å². The van der Waals surface area contributed by atoms with Gasteiger partial charge in [0, 0.05) is 24.2 Å². The van der Waals surface area contributed by atoms with Crippen LogP contribution in [-0.2, 0) is 4.74 Å². The molecule has 1 aromatic heterocycles. The Balaban J connectivity index is 1.88. The van der Waals surface area contributed by atoms with Crippen molar-refractivity contribution >= 4 is 10.9 Å². The number of aromatic nitrogens is 1. The highest BCUT2D eigenvalue weighted by molar-refractivity contribution is 5.82. The number of nitrogens with zero attached hydrogens (tertiary/aromatic N) is 1. The third-order valence-corrected chi connectivity index (χ3v) is 3.62. The first-order valence-electron chi connectivity index (χ1n) is 6.55. The molecule has 0 amide bonds. The van der Waals surface area contributed by atoms with E-state index < -0.39 is 0 Å². The van der Waals surface area contributed by atoms with Crippen LogP contribution in [0, 0.1) is 0 Å². The molecule has 3 nitrogen and oxygen atoms in total. The zero-order valence-electron chi connectivity index (χ0n) is 10.4. The zero-order chi connectivity index (χ0) is 12.4. The van der Waals surface area contributed by atoms with E-state index in [4.69, 9.17) is 10.5 Å². The lowest BCUT2D eigenvalue weighted by molar-refractivity contribution is 0.0984. The van der Waals surface area contributed by atoms with E-state index in [9.17, 15) is 0 Å². The van der Waals surface area contributed by atoms with Crippen LogP contribution in [0.3, 0.4) is 0 Å². The van der Waals surface area contributed by atoms with E-state index in [1.54, 1.807) is 0 Å². The molecule has 1 aromatic carbocycles. The molecular formula is C15H18N2O. The number of benzene rings is 1. The molecule has 0 radical (unpaired) electrons. The first-order valence-corrected chi connectivity index (χ1v) is 6.55. The van der Waals surface area contributed by atoms with Crippen molar-refractivity contribution in [2.45, 2.75) is 31.4 Å². The van der Waals surface area contributed by atoms with Crippen molar-refractivity contribution < 1.29 is 4.74 Å². The normalized spacial score (nSPS) is 21.3. The fraction of sp³-hybridized carbons (Fsp3) is 0.400. The Hall–Kier alpha value is -1.45. The van der Waals surface area contributed by atoms with Gasteiger partial charge in [0.1, 0.15) is 0 Å². The minimum Gasteiger partial charge on any atom is -0.378 e. The molecular weight excluding hydrogens is 224 g/mol. The average Bonchev–Trinajstić information content (AvgIpc) is 2.91. The molecule has 2 atom stereocenters. The predicted octanol–water partition coefficient (Wildman–Crippen LogP) is 2.80. The van der Waals surface area contributed by atoms with Crippen molar-refractivity contribution in [3.05, 3.63) is 42.1 Å². The van der Waals surface area contributed by atoms with Crippen molar-refractivity contribution in [2.75, 3.05) is 6.61 Å². The van der Waals surface area contributed by atoms with E-state index in [2.05, 4.69) is 17.1 Å². The number of nitrogens with two attached hydrogens (primary N) is 1. The van der Waals surface area contributed by atoms with Crippen molar-refractivity contribution in [1.29, 1.82) is 0 Å². The van der Waals surface area contributed by atoms with Crippen molar-refractivity contribution in [1.82, 2.24) is 4.98 Å². The van der Waals surface area contributed by atoms with Crippen molar-refractivity contribution in [2.24, 2.45) is 5.73 Å². The first kappa shape index (κ1) is 11.6. The lowest BCUT2D eigenvalue weighted by Gasteiger charge is -2.18. The predicted molar refractivity (Wildman–Crippen MR) is 72.3 cm³/mol. The van der Waals surface area contributed by atoms with E-state index in [0.717, 1.165) is 36.8 Å². The Kier molecular flexibility index (Phi) is 3.26. The summed E-state index contributed by atoms with van der Waals surface area (Å²) in [6.45, 7) is 0.883. The maximum Gasteiger partial charge on any atom is 0.0705 e. The van der Waals surface area contributed by atoms with Gasteiger partial charge < -0.3 is 10.5 Å². The number of hydrogen-bond acceptors (Lipinski definition) is 3. The highest BCUT2D eigenvalue weighted by Gasteiger charge is 2.20. The molecule has 94 valence electrons. The number of fused-ring (bicyclic) bond motifs is 1. The van der Waals surface area contributed by atoms with E-state index in [1.165, 1.54) is 5.56 Å². The summed E-state index contributed by atoms with van der Waals surface area (Å²) in [5, 5.41) is 1.16. The van der Waals surface area contributed by atoms with Gasteiger partial charge in [-0.25, -0.2) is 0 Å². The molecule has 1 fully saturated rings. The fourth-order valence-corrected chi connectivity index (χ4v) is 2.69. The average molecular weight is 242 g/mol. The summed E-state index contributed by atoms with van der Waals surface area (Å²) in [6.07, 6.45) is 5.34. The summed E-state index contributed by atoms with van der Waals surface area (Å²) in [5.74, 6) is 0. The Morgan fingerprint density at radius 2 is 2.28 bits per heavy atom. The Morgan fingerprint density at radius 3 is 3.11 bits per heavy atom. The molecule has 0 bridgehead atoms. The molecule has 2 aromatic rings. The monoisotopic (exact) mass is 242 g/mol. The Bertz CT molecular complexity index is 530.